The third-order valence-corrected chi connectivity index (χ3v) is 6.35. The van der Waals surface area contributed by atoms with Gasteiger partial charge in [0.05, 0.1) is 42.6 Å². The lowest BCUT2D eigenvalue weighted by molar-refractivity contribution is 0.0926. The lowest BCUT2D eigenvalue weighted by Crippen LogP contribution is -2.43. The molecule has 30 heavy (non-hydrogen) atoms. The van der Waals surface area contributed by atoms with E-state index in [1.807, 2.05) is 12.1 Å². The van der Waals surface area contributed by atoms with Crippen LogP contribution in [0, 0.1) is 0 Å². The number of halogens is 1. The Bertz CT molecular complexity index is 1050. The summed E-state index contributed by atoms with van der Waals surface area (Å²) < 4.78 is 11.6. The van der Waals surface area contributed by atoms with Gasteiger partial charge in [-0.1, -0.05) is 29.0 Å². The summed E-state index contributed by atoms with van der Waals surface area (Å²) in [6.45, 7) is 0. The molecule has 0 bridgehead atoms. The molecule has 4 rings (SSSR count). The highest BCUT2D eigenvalue weighted by Crippen LogP contribution is 2.32. The van der Waals surface area contributed by atoms with Crippen LogP contribution in [-0.2, 0) is 0 Å². The van der Waals surface area contributed by atoms with Crippen molar-refractivity contribution in [1.29, 1.82) is 0 Å². The molecular weight excluding hydrogens is 426 g/mol. The number of hydrogen-bond acceptors (Lipinski definition) is 7. The van der Waals surface area contributed by atoms with Crippen LogP contribution in [0.1, 0.15) is 23.2 Å². The van der Waals surface area contributed by atoms with E-state index in [-0.39, 0.29) is 18.0 Å². The average Bonchev–Trinajstić information content (AvgIpc) is 3.28. The number of aromatic nitrogens is 1. The maximum absolute atomic E-state index is 13.0. The molecule has 0 saturated heterocycles. The highest BCUT2D eigenvalue weighted by atomic mass is 35.5. The molecule has 1 aliphatic rings. The highest BCUT2D eigenvalue weighted by Gasteiger charge is 2.36. The quantitative estimate of drug-likeness (QED) is 0.533. The molecule has 0 aliphatic heterocycles. The molecule has 0 spiro atoms. The molecule has 3 atom stereocenters. The van der Waals surface area contributed by atoms with Gasteiger partial charge in [-0.3, -0.25) is 4.79 Å². The molecule has 3 aromatic rings. The number of ether oxygens (including phenoxy) is 2. The van der Waals surface area contributed by atoms with Crippen LogP contribution in [0.2, 0.25) is 5.02 Å². The number of hydrogen-bond donors (Lipinski definition) is 3. The monoisotopic (exact) mass is 447 g/mol. The van der Waals surface area contributed by atoms with Gasteiger partial charge < -0.3 is 25.2 Å². The van der Waals surface area contributed by atoms with Crippen molar-refractivity contribution in [2.45, 2.75) is 31.0 Å². The third kappa shape index (κ3) is 4.16. The summed E-state index contributed by atoms with van der Waals surface area (Å²) >= 11 is 7.55. The Morgan fingerprint density at radius 1 is 1.17 bits per heavy atom. The number of aliphatic hydroxyl groups excluding tert-OH is 1. The molecule has 7 nitrogen and oxygen atoms in total. The number of anilines is 1. The SMILES string of the molecule is COc1cccc(OC)c1C(=O)N[C@H]1C[C@@H](O)C[C@H]1Nc1nc2ccc(Cl)cc2s1. The number of carbonyl (C=O) groups is 1. The first-order valence-corrected chi connectivity index (χ1v) is 10.7. The Hall–Kier alpha value is -2.55. The first-order valence-electron chi connectivity index (χ1n) is 9.51. The summed E-state index contributed by atoms with van der Waals surface area (Å²) in [7, 11) is 3.02. The maximum Gasteiger partial charge on any atom is 0.259 e. The van der Waals surface area contributed by atoms with Crippen molar-refractivity contribution in [2.24, 2.45) is 0 Å². The number of thiazole rings is 1. The second-order valence-corrected chi connectivity index (χ2v) is 8.59. The van der Waals surface area contributed by atoms with Gasteiger partial charge in [0.2, 0.25) is 0 Å². The zero-order valence-electron chi connectivity index (χ0n) is 16.5. The fourth-order valence-corrected chi connectivity index (χ4v) is 4.97. The number of benzene rings is 2. The average molecular weight is 448 g/mol. The van der Waals surface area contributed by atoms with Gasteiger partial charge in [-0.15, -0.1) is 0 Å². The Labute approximate surface area is 183 Å². The van der Waals surface area contributed by atoms with Crippen LogP contribution in [0.15, 0.2) is 36.4 Å². The second-order valence-electron chi connectivity index (χ2n) is 7.12. The van der Waals surface area contributed by atoms with Crippen LogP contribution < -0.4 is 20.1 Å². The van der Waals surface area contributed by atoms with Gasteiger partial charge in [0.1, 0.15) is 17.1 Å². The third-order valence-electron chi connectivity index (χ3n) is 5.17. The Balaban J connectivity index is 1.54. The van der Waals surface area contributed by atoms with Gasteiger partial charge in [0.15, 0.2) is 5.13 Å². The Morgan fingerprint density at radius 3 is 2.57 bits per heavy atom. The van der Waals surface area contributed by atoms with E-state index >= 15 is 0 Å². The number of carbonyl (C=O) groups excluding carboxylic acids is 1. The molecule has 1 saturated carbocycles. The van der Waals surface area contributed by atoms with E-state index in [0.29, 0.717) is 34.9 Å². The van der Waals surface area contributed by atoms with Crippen LogP contribution in [0.25, 0.3) is 10.2 Å². The minimum absolute atomic E-state index is 0.166. The van der Waals surface area contributed by atoms with E-state index in [0.717, 1.165) is 15.3 Å². The summed E-state index contributed by atoms with van der Waals surface area (Å²) in [4.78, 5) is 17.6. The van der Waals surface area contributed by atoms with Crippen molar-refractivity contribution in [2.75, 3.05) is 19.5 Å². The minimum Gasteiger partial charge on any atom is -0.496 e. The van der Waals surface area contributed by atoms with Crippen molar-refractivity contribution in [3.8, 4) is 11.5 Å². The molecule has 1 amide bonds. The first-order chi connectivity index (χ1) is 14.5. The van der Waals surface area contributed by atoms with Crippen LogP contribution in [0.4, 0.5) is 5.13 Å². The molecule has 1 aromatic heterocycles. The predicted octanol–water partition coefficient (Wildman–Crippen LogP) is 3.70. The molecule has 1 fully saturated rings. The van der Waals surface area contributed by atoms with E-state index in [1.54, 1.807) is 24.3 Å². The lowest BCUT2D eigenvalue weighted by Gasteiger charge is -2.22. The number of fused-ring (bicyclic) bond motifs is 1. The fourth-order valence-electron chi connectivity index (χ4n) is 3.76. The van der Waals surface area contributed by atoms with Crippen LogP contribution in [0.3, 0.4) is 0 Å². The molecule has 158 valence electrons. The first kappa shape index (κ1) is 20.7. The standard InChI is InChI=1S/C21H22ClN3O4S/c1-28-16-4-3-5-17(29-2)19(16)20(27)23-14-9-12(26)10-15(14)25-21-24-13-7-6-11(22)8-18(13)30-21/h3-8,12,14-15,26H,9-10H2,1-2H3,(H,23,27)(H,24,25)/t12-,14+,15-/m1/s1. The zero-order chi connectivity index (χ0) is 21.3. The van der Waals surface area contributed by atoms with Crippen LogP contribution in [0.5, 0.6) is 11.5 Å². The van der Waals surface area contributed by atoms with E-state index in [4.69, 9.17) is 21.1 Å². The summed E-state index contributed by atoms with van der Waals surface area (Å²) in [5.41, 5.74) is 1.18. The van der Waals surface area contributed by atoms with Gasteiger partial charge in [-0.25, -0.2) is 4.98 Å². The molecule has 2 aromatic carbocycles. The molecule has 0 radical (unpaired) electrons. The Morgan fingerprint density at radius 2 is 1.87 bits per heavy atom. The van der Waals surface area contributed by atoms with E-state index in [9.17, 15) is 9.90 Å². The van der Waals surface area contributed by atoms with Crippen LogP contribution in [-0.4, -0.2) is 48.4 Å². The number of rotatable bonds is 6. The normalized spacial score (nSPS) is 20.9. The molecular formula is C21H22ClN3O4S. The van der Waals surface area contributed by atoms with Crippen LogP contribution >= 0.6 is 22.9 Å². The summed E-state index contributed by atoms with van der Waals surface area (Å²) in [5.74, 6) is 0.544. The van der Waals surface area contributed by atoms with E-state index in [1.165, 1.54) is 25.6 Å². The second kappa shape index (κ2) is 8.67. The van der Waals surface area contributed by atoms with Gasteiger partial charge in [0.25, 0.3) is 5.91 Å². The van der Waals surface area contributed by atoms with Crippen molar-refractivity contribution in [3.05, 3.63) is 47.0 Å². The molecule has 3 N–H and O–H groups in total. The Kier molecular flexibility index (Phi) is 5.99. The van der Waals surface area contributed by atoms with E-state index in [2.05, 4.69) is 15.6 Å². The largest absolute Gasteiger partial charge is 0.496 e. The number of nitrogens with zero attached hydrogens (tertiary/aromatic N) is 1. The number of methoxy groups -OCH3 is 2. The predicted molar refractivity (Wildman–Crippen MR) is 118 cm³/mol. The van der Waals surface area contributed by atoms with Crippen molar-refractivity contribution in [3.63, 3.8) is 0 Å². The number of amides is 1. The molecule has 1 aliphatic carbocycles. The van der Waals surface area contributed by atoms with Gasteiger partial charge in [0, 0.05) is 5.02 Å². The summed E-state index contributed by atoms with van der Waals surface area (Å²) in [5, 5.41) is 18.0. The van der Waals surface area contributed by atoms with Gasteiger partial charge >= 0.3 is 0 Å². The van der Waals surface area contributed by atoms with Gasteiger partial charge in [-0.2, -0.15) is 0 Å². The molecule has 0 unspecified atom stereocenters. The number of nitrogens with one attached hydrogen (secondary N) is 2. The molecule has 1 heterocycles. The van der Waals surface area contributed by atoms with Crippen molar-refractivity contribution < 1.29 is 19.4 Å². The fraction of sp³-hybridized carbons (Fsp3) is 0.333. The van der Waals surface area contributed by atoms with Crippen molar-refractivity contribution in [1.82, 2.24) is 10.3 Å². The van der Waals surface area contributed by atoms with Gasteiger partial charge in [-0.05, 0) is 43.2 Å². The minimum atomic E-state index is -0.517. The molecule has 9 heteroatoms. The topological polar surface area (TPSA) is 92.7 Å². The van der Waals surface area contributed by atoms with Crippen molar-refractivity contribution >= 4 is 44.2 Å². The zero-order valence-corrected chi connectivity index (χ0v) is 18.1. The number of aliphatic hydroxyl groups is 1. The smallest absolute Gasteiger partial charge is 0.259 e. The maximum atomic E-state index is 13.0. The lowest BCUT2D eigenvalue weighted by atomic mass is 10.1. The van der Waals surface area contributed by atoms with E-state index < -0.39 is 6.10 Å². The summed E-state index contributed by atoms with van der Waals surface area (Å²) in [6.07, 6.45) is 0.429. The highest BCUT2D eigenvalue weighted by molar-refractivity contribution is 7.22. The summed E-state index contributed by atoms with van der Waals surface area (Å²) in [6, 6.07) is 10.3.